The van der Waals surface area contributed by atoms with Gasteiger partial charge in [-0.25, -0.2) is 9.78 Å². The van der Waals surface area contributed by atoms with Gasteiger partial charge in [-0.3, -0.25) is 0 Å². The fraction of sp³-hybridized carbons (Fsp3) is 0.111. The van der Waals surface area contributed by atoms with Crippen LogP contribution < -0.4 is 0 Å². The molecule has 0 fully saturated rings. The zero-order chi connectivity index (χ0) is 11.5. The number of hydrogen-bond donors (Lipinski definition) is 1. The Balaban J connectivity index is 2.24. The lowest BCUT2D eigenvalue weighted by molar-refractivity contribution is 0.0695. The minimum absolute atomic E-state index is 0.224. The lowest BCUT2D eigenvalue weighted by Gasteiger charge is -2.01. The van der Waals surface area contributed by atoms with Crippen LogP contribution in [0.3, 0.4) is 0 Å². The molecule has 5 nitrogen and oxygen atoms in total. The van der Waals surface area contributed by atoms with Crippen molar-refractivity contribution in [1.82, 2.24) is 15.2 Å². The smallest absolute Gasteiger partial charge is 0.337 e. The van der Waals surface area contributed by atoms with E-state index in [1.165, 1.54) is 23.1 Å². The molecule has 0 unspecified atom stereocenters. The first-order valence-electron chi connectivity index (χ1n) is 4.32. The van der Waals surface area contributed by atoms with Gasteiger partial charge in [0, 0.05) is 0 Å². The number of aryl methyl sites for hydroxylation is 1. The second kappa shape index (κ2) is 4.58. The first kappa shape index (κ1) is 11.0. The Hall–Kier alpha value is -1.47. The van der Waals surface area contributed by atoms with Crippen LogP contribution in [0.15, 0.2) is 27.0 Å². The fourth-order valence-electron chi connectivity index (χ4n) is 1.12. The van der Waals surface area contributed by atoms with Crippen molar-refractivity contribution in [1.29, 1.82) is 0 Å². The molecule has 0 saturated heterocycles. The van der Waals surface area contributed by atoms with Crippen LogP contribution in [-0.2, 0) is 0 Å². The Bertz CT molecular complexity index is 513. The zero-order valence-electron chi connectivity index (χ0n) is 8.25. The van der Waals surface area contributed by atoms with Crippen molar-refractivity contribution >= 4 is 29.1 Å². The zero-order valence-corrected chi connectivity index (χ0v) is 9.88. The Morgan fingerprint density at radius 3 is 2.88 bits per heavy atom. The number of hydrogen-bond acceptors (Lipinski definition) is 6. The highest BCUT2D eigenvalue weighted by Gasteiger charge is 2.10. The topological polar surface area (TPSA) is 76.0 Å². The number of pyridine rings is 1. The monoisotopic (exact) mass is 253 g/mol. The maximum absolute atomic E-state index is 10.8. The Kier molecular flexibility index (Phi) is 3.16. The van der Waals surface area contributed by atoms with E-state index in [0.717, 1.165) is 9.37 Å². The van der Waals surface area contributed by atoms with Crippen LogP contribution >= 0.6 is 23.1 Å². The van der Waals surface area contributed by atoms with E-state index in [9.17, 15) is 4.79 Å². The normalized spacial score (nSPS) is 10.3. The summed E-state index contributed by atoms with van der Waals surface area (Å²) >= 11 is 2.79. The van der Waals surface area contributed by atoms with Gasteiger partial charge in [-0.05, 0) is 30.8 Å². The summed E-state index contributed by atoms with van der Waals surface area (Å²) in [6.45, 7) is 1.67. The van der Waals surface area contributed by atoms with Crippen LogP contribution in [0.2, 0.25) is 0 Å². The largest absolute Gasteiger partial charge is 0.478 e. The molecule has 16 heavy (non-hydrogen) atoms. The van der Waals surface area contributed by atoms with Crippen molar-refractivity contribution in [3.8, 4) is 0 Å². The number of rotatable bonds is 3. The molecule has 0 radical (unpaired) electrons. The number of carboxylic acid groups (broad SMARTS) is 1. The van der Waals surface area contributed by atoms with Crippen molar-refractivity contribution in [2.45, 2.75) is 16.3 Å². The van der Waals surface area contributed by atoms with Gasteiger partial charge in [0.2, 0.25) is 0 Å². The van der Waals surface area contributed by atoms with Gasteiger partial charge in [-0.2, -0.15) is 0 Å². The molecule has 2 aromatic heterocycles. The highest BCUT2D eigenvalue weighted by molar-refractivity contribution is 8.00. The molecule has 2 aromatic rings. The molecule has 0 saturated carbocycles. The molecule has 0 atom stereocenters. The molecule has 1 N–H and O–H groups in total. The predicted molar refractivity (Wildman–Crippen MR) is 60.0 cm³/mol. The van der Waals surface area contributed by atoms with Crippen LogP contribution in [0, 0.1) is 6.92 Å². The van der Waals surface area contributed by atoms with E-state index >= 15 is 0 Å². The van der Waals surface area contributed by atoms with Crippen LogP contribution in [0.25, 0.3) is 0 Å². The highest BCUT2D eigenvalue weighted by Crippen LogP contribution is 2.27. The van der Waals surface area contributed by atoms with Gasteiger partial charge < -0.3 is 5.11 Å². The molecule has 0 spiro atoms. The van der Waals surface area contributed by atoms with E-state index in [4.69, 9.17) is 5.11 Å². The third kappa shape index (κ3) is 2.37. The third-order valence-corrected chi connectivity index (χ3v) is 3.54. The second-order valence-corrected chi connectivity index (χ2v) is 5.00. The van der Waals surface area contributed by atoms with Crippen molar-refractivity contribution in [2.24, 2.45) is 0 Å². The molecule has 0 aliphatic heterocycles. The summed E-state index contributed by atoms with van der Waals surface area (Å²) in [6.07, 6.45) is 0. The predicted octanol–water partition coefficient (Wildman–Crippen LogP) is 2.09. The second-order valence-electron chi connectivity index (χ2n) is 2.89. The minimum atomic E-state index is -0.961. The number of nitrogens with zero attached hydrogens (tertiary/aromatic N) is 3. The summed E-state index contributed by atoms with van der Waals surface area (Å²) < 4.78 is 0.787. The average Bonchev–Trinajstić information content (AvgIpc) is 2.70. The van der Waals surface area contributed by atoms with Crippen molar-refractivity contribution in [2.75, 3.05) is 0 Å². The van der Waals surface area contributed by atoms with Crippen LogP contribution in [0.5, 0.6) is 0 Å². The lowest BCUT2D eigenvalue weighted by atomic mass is 10.2. The van der Waals surface area contributed by atoms with Crippen molar-refractivity contribution in [3.63, 3.8) is 0 Å². The summed E-state index contributed by atoms with van der Waals surface area (Å²) in [6, 6.07) is 3.22. The van der Waals surface area contributed by atoms with Crippen LogP contribution in [0.1, 0.15) is 16.1 Å². The van der Waals surface area contributed by atoms with Crippen molar-refractivity contribution in [3.05, 3.63) is 28.9 Å². The molecule has 0 aliphatic rings. The Labute approximate surface area is 99.6 Å². The summed E-state index contributed by atoms with van der Waals surface area (Å²) in [5, 5.41) is 17.2. The number of aromatic nitrogens is 3. The van der Waals surface area contributed by atoms with E-state index < -0.39 is 5.97 Å². The number of aromatic carboxylic acids is 1. The molecule has 2 heterocycles. The van der Waals surface area contributed by atoms with Crippen LogP contribution in [-0.4, -0.2) is 26.3 Å². The van der Waals surface area contributed by atoms with Crippen molar-refractivity contribution < 1.29 is 9.90 Å². The van der Waals surface area contributed by atoms with Gasteiger partial charge in [0.1, 0.15) is 10.5 Å². The van der Waals surface area contributed by atoms with Gasteiger partial charge in [-0.15, -0.1) is 10.2 Å². The summed E-state index contributed by atoms with van der Waals surface area (Å²) in [7, 11) is 0. The Morgan fingerprint density at radius 2 is 2.31 bits per heavy atom. The SMILES string of the molecule is Cc1nc(Sc2nncs2)ccc1C(=O)O. The molecular formula is C9H7N3O2S2. The average molecular weight is 253 g/mol. The first-order valence-corrected chi connectivity index (χ1v) is 6.01. The molecule has 0 amide bonds. The third-order valence-electron chi connectivity index (χ3n) is 1.82. The van der Waals surface area contributed by atoms with E-state index in [2.05, 4.69) is 15.2 Å². The summed E-state index contributed by atoms with van der Waals surface area (Å²) in [5.74, 6) is -0.961. The molecule has 2 rings (SSSR count). The number of carboxylic acids is 1. The first-order chi connectivity index (χ1) is 7.66. The maximum atomic E-state index is 10.8. The fourth-order valence-corrected chi connectivity index (χ4v) is 2.56. The maximum Gasteiger partial charge on any atom is 0.337 e. The van der Waals surface area contributed by atoms with Gasteiger partial charge in [-0.1, -0.05) is 11.3 Å². The van der Waals surface area contributed by atoms with E-state index in [0.29, 0.717) is 5.69 Å². The van der Waals surface area contributed by atoms with Gasteiger partial charge >= 0.3 is 5.97 Å². The Morgan fingerprint density at radius 1 is 1.50 bits per heavy atom. The molecule has 0 bridgehead atoms. The highest BCUT2D eigenvalue weighted by atomic mass is 32.2. The standard InChI is InChI=1S/C9H7N3O2S2/c1-5-6(8(13)14)2-3-7(11-5)16-9-12-10-4-15-9/h2-4H,1H3,(H,13,14). The van der Waals surface area contributed by atoms with E-state index in [1.807, 2.05) is 0 Å². The van der Waals surface area contributed by atoms with Gasteiger partial charge in [0.05, 0.1) is 11.3 Å². The van der Waals surface area contributed by atoms with Gasteiger partial charge in [0.25, 0.3) is 0 Å². The number of carbonyl (C=O) groups is 1. The summed E-state index contributed by atoms with van der Waals surface area (Å²) in [5.41, 5.74) is 2.37. The molecular weight excluding hydrogens is 246 g/mol. The van der Waals surface area contributed by atoms with Crippen LogP contribution in [0.4, 0.5) is 0 Å². The quantitative estimate of drug-likeness (QED) is 0.902. The molecule has 0 aromatic carbocycles. The van der Waals surface area contributed by atoms with E-state index in [1.54, 1.807) is 24.6 Å². The summed E-state index contributed by atoms with van der Waals surface area (Å²) in [4.78, 5) is 15.0. The lowest BCUT2D eigenvalue weighted by Crippen LogP contribution is -2.01. The van der Waals surface area contributed by atoms with E-state index in [-0.39, 0.29) is 5.56 Å². The molecule has 0 aliphatic carbocycles. The molecule has 82 valence electrons. The van der Waals surface area contributed by atoms with Gasteiger partial charge in [0.15, 0.2) is 4.34 Å². The minimum Gasteiger partial charge on any atom is -0.478 e. The molecule has 7 heteroatoms.